The molecule has 0 amide bonds. The Morgan fingerprint density at radius 1 is 1.47 bits per heavy atom. The van der Waals surface area contributed by atoms with Crippen LogP contribution in [-0.4, -0.2) is 33.3 Å². The van der Waals surface area contributed by atoms with Gasteiger partial charge in [0.05, 0.1) is 17.4 Å². The maximum absolute atomic E-state index is 10.6. The van der Waals surface area contributed by atoms with Crippen LogP contribution in [0.5, 0.6) is 0 Å². The van der Waals surface area contributed by atoms with Crippen LogP contribution in [0.15, 0.2) is 18.3 Å². The van der Waals surface area contributed by atoms with Crippen molar-refractivity contribution in [3.63, 3.8) is 0 Å². The lowest BCUT2D eigenvalue weighted by molar-refractivity contribution is 0.0696. The average molecular weight is 238 g/mol. The summed E-state index contributed by atoms with van der Waals surface area (Å²) in [5, 5.41) is 21.1. The molecule has 2 unspecified atom stereocenters. The molecule has 5 nitrogen and oxygen atoms in total. The van der Waals surface area contributed by atoms with Crippen LogP contribution >= 0.6 is 0 Å². The number of hydrogen-bond donors (Lipinski definition) is 3. The molecule has 1 rings (SSSR count). The number of aromatic carboxylic acids is 1. The number of aliphatic hydroxyl groups is 1. The van der Waals surface area contributed by atoms with Crippen LogP contribution in [0.25, 0.3) is 0 Å². The molecule has 0 saturated carbocycles. The molecular formula is C12H18N2O3. The fourth-order valence-corrected chi connectivity index (χ4v) is 1.53. The number of aromatic nitrogens is 1. The summed E-state index contributed by atoms with van der Waals surface area (Å²) >= 11 is 0. The third-order valence-corrected chi connectivity index (χ3v) is 2.40. The molecule has 94 valence electrons. The van der Waals surface area contributed by atoms with Gasteiger partial charge in [-0.2, -0.15) is 0 Å². The first kappa shape index (κ1) is 13.6. The molecule has 0 aromatic carbocycles. The zero-order valence-corrected chi connectivity index (χ0v) is 10.1. The summed E-state index contributed by atoms with van der Waals surface area (Å²) < 4.78 is 0. The second-order valence-corrected chi connectivity index (χ2v) is 4.21. The molecule has 5 heteroatoms. The summed E-state index contributed by atoms with van der Waals surface area (Å²) in [6.07, 6.45) is 1.69. The lowest BCUT2D eigenvalue weighted by Gasteiger charge is -2.14. The maximum Gasteiger partial charge on any atom is 0.337 e. The molecule has 0 aliphatic rings. The first-order valence-corrected chi connectivity index (χ1v) is 5.58. The highest BCUT2D eigenvalue weighted by Gasteiger charge is 2.06. The van der Waals surface area contributed by atoms with Crippen molar-refractivity contribution < 1.29 is 15.0 Å². The van der Waals surface area contributed by atoms with Crippen molar-refractivity contribution in [3.8, 4) is 0 Å². The topological polar surface area (TPSA) is 82.5 Å². The van der Waals surface area contributed by atoms with Crippen molar-refractivity contribution in [2.24, 2.45) is 0 Å². The second-order valence-electron chi connectivity index (χ2n) is 4.21. The number of carboxylic acid groups (broad SMARTS) is 1. The minimum Gasteiger partial charge on any atom is -0.478 e. The van der Waals surface area contributed by atoms with E-state index in [1.165, 1.54) is 12.3 Å². The molecule has 1 aromatic heterocycles. The van der Waals surface area contributed by atoms with Crippen molar-refractivity contribution >= 4 is 5.97 Å². The van der Waals surface area contributed by atoms with Gasteiger partial charge in [-0.05, 0) is 32.4 Å². The number of hydrogen-bond acceptors (Lipinski definition) is 4. The number of nitrogens with zero attached hydrogens (tertiary/aromatic N) is 1. The van der Waals surface area contributed by atoms with Gasteiger partial charge < -0.3 is 15.5 Å². The van der Waals surface area contributed by atoms with E-state index in [0.29, 0.717) is 13.0 Å². The molecule has 1 aromatic rings. The van der Waals surface area contributed by atoms with E-state index in [2.05, 4.69) is 10.3 Å². The molecule has 0 bridgehead atoms. The molecule has 0 fully saturated rings. The fourth-order valence-electron chi connectivity index (χ4n) is 1.53. The molecule has 0 saturated heterocycles. The van der Waals surface area contributed by atoms with Crippen LogP contribution in [0.3, 0.4) is 0 Å². The van der Waals surface area contributed by atoms with Gasteiger partial charge in [0.1, 0.15) is 0 Å². The first-order valence-electron chi connectivity index (χ1n) is 5.58. The summed E-state index contributed by atoms with van der Waals surface area (Å²) in [5.74, 6) is -0.973. The summed E-state index contributed by atoms with van der Waals surface area (Å²) in [4.78, 5) is 14.7. The summed E-state index contributed by atoms with van der Waals surface area (Å²) in [7, 11) is 0. The Hall–Kier alpha value is -1.46. The predicted octanol–water partition coefficient (Wildman–Crippen LogP) is 1.03. The van der Waals surface area contributed by atoms with Gasteiger partial charge in [0.15, 0.2) is 0 Å². The standard InChI is InChI=1S/C12H18N2O3/c1-8(5-9(2)15)13-7-11-4-3-10(6-14-11)12(16)17/h3-4,6,8-9,13,15H,5,7H2,1-2H3,(H,16,17). The molecule has 3 N–H and O–H groups in total. The number of aliphatic hydroxyl groups excluding tert-OH is 1. The summed E-state index contributed by atoms with van der Waals surface area (Å²) in [5.41, 5.74) is 0.971. The Morgan fingerprint density at radius 2 is 2.18 bits per heavy atom. The average Bonchev–Trinajstić information content (AvgIpc) is 2.26. The van der Waals surface area contributed by atoms with E-state index < -0.39 is 5.97 Å². The minimum absolute atomic E-state index is 0.186. The van der Waals surface area contributed by atoms with Gasteiger partial charge in [-0.15, -0.1) is 0 Å². The van der Waals surface area contributed by atoms with E-state index in [0.717, 1.165) is 5.69 Å². The maximum atomic E-state index is 10.6. The van der Waals surface area contributed by atoms with Crippen molar-refractivity contribution in [1.82, 2.24) is 10.3 Å². The van der Waals surface area contributed by atoms with Crippen LogP contribution in [0.2, 0.25) is 0 Å². The van der Waals surface area contributed by atoms with E-state index >= 15 is 0 Å². The predicted molar refractivity (Wildman–Crippen MR) is 63.8 cm³/mol. The van der Waals surface area contributed by atoms with E-state index in [-0.39, 0.29) is 17.7 Å². The van der Waals surface area contributed by atoms with E-state index in [9.17, 15) is 9.90 Å². The third-order valence-electron chi connectivity index (χ3n) is 2.40. The molecule has 1 heterocycles. The fraction of sp³-hybridized carbons (Fsp3) is 0.500. The van der Waals surface area contributed by atoms with Crippen molar-refractivity contribution in [2.75, 3.05) is 0 Å². The van der Waals surface area contributed by atoms with Crippen molar-refractivity contribution in [2.45, 2.75) is 39.0 Å². The number of nitrogens with one attached hydrogen (secondary N) is 1. The van der Waals surface area contributed by atoms with Gasteiger partial charge >= 0.3 is 5.97 Å². The number of rotatable bonds is 6. The third kappa shape index (κ3) is 4.93. The molecule has 17 heavy (non-hydrogen) atoms. The van der Waals surface area contributed by atoms with Crippen molar-refractivity contribution in [3.05, 3.63) is 29.6 Å². The van der Waals surface area contributed by atoms with Gasteiger partial charge in [-0.3, -0.25) is 4.98 Å². The van der Waals surface area contributed by atoms with Crippen LogP contribution in [-0.2, 0) is 6.54 Å². The summed E-state index contributed by atoms with van der Waals surface area (Å²) in [6.45, 7) is 4.30. The highest BCUT2D eigenvalue weighted by molar-refractivity contribution is 5.87. The SMILES string of the molecule is CC(O)CC(C)NCc1ccc(C(=O)O)cn1. The zero-order chi connectivity index (χ0) is 12.8. The monoisotopic (exact) mass is 238 g/mol. The Kier molecular flexibility index (Phi) is 5.06. The molecular weight excluding hydrogens is 220 g/mol. The van der Waals surface area contributed by atoms with Gasteiger partial charge in [0, 0.05) is 18.8 Å². The van der Waals surface area contributed by atoms with Gasteiger partial charge in [0.2, 0.25) is 0 Å². The molecule has 0 radical (unpaired) electrons. The van der Waals surface area contributed by atoms with Crippen LogP contribution < -0.4 is 5.32 Å². The minimum atomic E-state index is -0.973. The Bertz CT molecular complexity index is 363. The molecule has 0 spiro atoms. The van der Waals surface area contributed by atoms with Crippen LogP contribution in [0, 0.1) is 0 Å². The number of pyridine rings is 1. The van der Waals surface area contributed by atoms with Gasteiger partial charge in [-0.25, -0.2) is 4.79 Å². The lowest BCUT2D eigenvalue weighted by Crippen LogP contribution is -2.29. The molecule has 0 aliphatic heterocycles. The first-order chi connectivity index (χ1) is 7.99. The Morgan fingerprint density at radius 3 is 2.65 bits per heavy atom. The normalized spacial score (nSPS) is 14.3. The zero-order valence-electron chi connectivity index (χ0n) is 10.1. The number of carbonyl (C=O) groups is 1. The summed E-state index contributed by atoms with van der Waals surface area (Å²) in [6, 6.07) is 3.41. The van der Waals surface area contributed by atoms with Gasteiger partial charge in [-0.1, -0.05) is 0 Å². The second kappa shape index (κ2) is 6.32. The largest absolute Gasteiger partial charge is 0.478 e. The lowest BCUT2D eigenvalue weighted by atomic mass is 10.1. The van der Waals surface area contributed by atoms with Crippen molar-refractivity contribution in [1.29, 1.82) is 0 Å². The van der Waals surface area contributed by atoms with Crippen LogP contribution in [0.4, 0.5) is 0 Å². The highest BCUT2D eigenvalue weighted by atomic mass is 16.4. The Labute approximate surface area is 101 Å². The quantitative estimate of drug-likeness (QED) is 0.689. The molecule has 2 atom stereocenters. The van der Waals surface area contributed by atoms with E-state index in [1.54, 1.807) is 13.0 Å². The van der Waals surface area contributed by atoms with E-state index in [4.69, 9.17) is 5.11 Å². The smallest absolute Gasteiger partial charge is 0.337 e. The van der Waals surface area contributed by atoms with E-state index in [1.807, 2.05) is 6.92 Å². The molecule has 0 aliphatic carbocycles. The van der Waals surface area contributed by atoms with Crippen LogP contribution in [0.1, 0.15) is 36.3 Å². The van der Waals surface area contributed by atoms with Gasteiger partial charge in [0.25, 0.3) is 0 Å². The Balaban J connectivity index is 2.44. The highest BCUT2D eigenvalue weighted by Crippen LogP contribution is 2.02. The number of carboxylic acids is 1.